The molecule has 0 saturated carbocycles. The lowest BCUT2D eigenvalue weighted by molar-refractivity contribution is 0.609. The Balaban J connectivity index is 2.86. The van der Waals surface area contributed by atoms with Crippen LogP contribution in [0.2, 0.25) is 0 Å². The second kappa shape index (κ2) is 2.35. The van der Waals surface area contributed by atoms with Crippen LogP contribution < -0.4 is 0 Å². The molecule has 2 rings (SSSR count). The lowest BCUT2D eigenvalue weighted by atomic mass is 10.2. The Hall–Kier alpha value is -1.82. The summed E-state index contributed by atoms with van der Waals surface area (Å²) in [4.78, 5) is 0. The molecule has 0 unspecified atom stereocenters. The van der Waals surface area contributed by atoms with Crippen molar-refractivity contribution in [1.82, 2.24) is 0 Å². The summed E-state index contributed by atoms with van der Waals surface area (Å²) in [6.07, 6.45) is 1.32. The highest BCUT2D eigenvalue weighted by Gasteiger charge is 2.04. The van der Waals surface area contributed by atoms with Gasteiger partial charge < -0.3 is 4.42 Å². The van der Waals surface area contributed by atoms with E-state index in [0.717, 1.165) is 0 Å². The lowest BCUT2D eigenvalue weighted by Crippen LogP contribution is -1.73. The fourth-order valence-electron chi connectivity index (χ4n) is 1.09. The number of rotatable bonds is 0. The zero-order valence-electron chi connectivity index (χ0n) is 6.04. The SMILES string of the molecule is N#Cc1coc2ccc(F)cc12. The summed E-state index contributed by atoms with van der Waals surface area (Å²) in [7, 11) is 0. The largest absolute Gasteiger partial charge is 0.463 e. The van der Waals surface area contributed by atoms with Crippen LogP contribution in [0.5, 0.6) is 0 Å². The van der Waals surface area contributed by atoms with Crippen LogP contribution in [0.15, 0.2) is 28.9 Å². The highest BCUT2D eigenvalue weighted by atomic mass is 19.1. The van der Waals surface area contributed by atoms with Crippen molar-refractivity contribution in [2.24, 2.45) is 0 Å². The van der Waals surface area contributed by atoms with Gasteiger partial charge in [0, 0.05) is 5.39 Å². The van der Waals surface area contributed by atoms with E-state index in [-0.39, 0.29) is 5.82 Å². The first-order chi connectivity index (χ1) is 5.81. The zero-order valence-corrected chi connectivity index (χ0v) is 6.04. The van der Waals surface area contributed by atoms with Crippen molar-refractivity contribution in [1.29, 1.82) is 5.26 Å². The number of halogens is 1. The molecule has 58 valence electrons. The fourth-order valence-corrected chi connectivity index (χ4v) is 1.09. The third-order valence-electron chi connectivity index (χ3n) is 1.66. The first-order valence-electron chi connectivity index (χ1n) is 3.38. The van der Waals surface area contributed by atoms with Gasteiger partial charge in [0.05, 0.1) is 5.56 Å². The molecule has 0 atom stereocenters. The highest BCUT2D eigenvalue weighted by Crippen LogP contribution is 2.20. The van der Waals surface area contributed by atoms with Gasteiger partial charge in [-0.25, -0.2) is 4.39 Å². The molecule has 2 nitrogen and oxygen atoms in total. The minimum absolute atomic E-state index is 0.361. The molecule has 0 saturated heterocycles. The predicted molar refractivity (Wildman–Crippen MR) is 40.9 cm³/mol. The standard InChI is InChI=1S/C9H4FNO/c10-7-1-2-9-8(3-7)6(4-11)5-12-9/h1-3,5H. The summed E-state index contributed by atoms with van der Waals surface area (Å²) in [5.74, 6) is -0.361. The molecule has 12 heavy (non-hydrogen) atoms. The van der Waals surface area contributed by atoms with Crippen LogP contribution in [-0.2, 0) is 0 Å². The average molecular weight is 161 g/mol. The topological polar surface area (TPSA) is 36.9 Å². The van der Waals surface area contributed by atoms with E-state index in [0.29, 0.717) is 16.5 Å². The zero-order chi connectivity index (χ0) is 8.55. The maximum Gasteiger partial charge on any atom is 0.135 e. The van der Waals surface area contributed by atoms with E-state index in [2.05, 4.69) is 0 Å². The fraction of sp³-hybridized carbons (Fsp3) is 0. The summed E-state index contributed by atoms with van der Waals surface area (Å²) in [6, 6.07) is 6.01. The summed E-state index contributed by atoms with van der Waals surface area (Å²) in [5, 5.41) is 9.11. The summed E-state index contributed by atoms with van der Waals surface area (Å²) in [5.41, 5.74) is 0.900. The maximum absolute atomic E-state index is 12.7. The molecule has 0 N–H and O–H groups in total. The van der Waals surface area contributed by atoms with Crippen molar-refractivity contribution in [2.75, 3.05) is 0 Å². The quantitative estimate of drug-likeness (QED) is 0.595. The predicted octanol–water partition coefficient (Wildman–Crippen LogP) is 2.44. The van der Waals surface area contributed by atoms with Crippen molar-refractivity contribution >= 4 is 11.0 Å². The normalized spacial score (nSPS) is 10.0. The van der Waals surface area contributed by atoms with Crippen molar-refractivity contribution < 1.29 is 8.81 Å². The Morgan fingerprint density at radius 1 is 1.42 bits per heavy atom. The van der Waals surface area contributed by atoms with Crippen LogP contribution in [0.3, 0.4) is 0 Å². The number of nitrogens with zero attached hydrogens (tertiary/aromatic N) is 1. The van der Waals surface area contributed by atoms with Gasteiger partial charge in [-0.1, -0.05) is 0 Å². The molecule has 1 heterocycles. The molecule has 0 radical (unpaired) electrons. The van der Waals surface area contributed by atoms with E-state index < -0.39 is 0 Å². The first-order valence-corrected chi connectivity index (χ1v) is 3.38. The van der Waals surface area contributed by atoms with Gasteiger partial charge in [0.15, 0.2) is 0 Å². The molecule has 1 aromatic carbocycles. The molecule has 0 amide bonds. The van der Waals surface area contributed by atoms with Gasteiger partial charge in [-0.2, -0.15) is 5.26 Å². The van der Waals surface area contributed by atoms with Gasteiger partial charge in [0.2, 0.25) is 0 Å². The Kier molecular flexibility index (Phi) is 1.34. The van der Waals surface area contributed by atoms with Crippen molar-refractivity contribution in [3.8, 4) is 6.07 Å². The molecule has 0 fully saturated rings. The number of benzene rings is 1. The van der Waals surface area contributed by atoms with Gasteiger partial charge in [-0.3, -0.25) is 0 Å². The lowest BCUT2D eigenvalue weighted by Gasteiger charge is -1.87. The van der Waals surface area contributed by atoms with Crippen molar-refractivity contribution in [3.63, 3.8) is 0 Å². The van der Waals surface area contributed by atoms with E-state index in [1.807, 2.05) is 6.07 Å². The van der Waals surface area contributed by atoms with E-state index >= 15 is 0 Å². The molecular formula is C9H4FNO. The smallest absolute Gasteiger partial charge is 0.135 e. The van der Waals surface area contributed by atoms with Gasteiger partial charge in [0.25, 0.3) is 0 Å². The summed E-state index contributed by atoms with van der Waals surface area (Å²) >= 11 is 0. The molecule has 3 heteroatoms. The molecule has 0 aliphatic rings. The van der Waals surface area contributed by atoms with Crippen LogP contribution >= 0.6 is 0 Å². The number of fused-ring (bicyclic) bond motifs is 1. The van der Waals surface area contributed by atoms with Crippen LogP contribution in [0, 0.1) is 17.1 Å². The third kappa shape index (κ3) is 0.857. The third-order valence-corrected chi connectivity index (χ3v) is 1.66. The monoisotopic (exact) mass is 161 g/mol. The molecule has 0 spiro atoms. The van der Waals surface area contributed by atoms with E-state index in [4.69, 9.17) is 9.68 Å². The highest BCUT2D eigenvalue weighted by molar-refractivity contribution is 5.83. The minimum atomic E-state index is -0.361. The number of hydrogen-bond donors (Lipinski definition) is 0. The first kappa shape index (κ1) is 6.86. The molecule has 0 aliphatic carbocycles. The van der Waals surface area contributed by atoms with Crippen LogP contribution in [-0.4, -0.2) is 0 Å². The number of furan rings is 1. The summed E-state index contributed by atoms with van der Waals surface area (Å²) < 4.78 is 17.7. The van der Waals surface area contributed by atoms with Crippen molar-refractivity contribution in [2.45, 2.75) is 0 Å². The van der Waals surface area contributed by atoms with Gasteiger partial charge in [-0.05, 0) is 18.2 Å². The Bertz CT molecular complexity index is 467. The van der Waals surface area contributed by atoms with Gasteiger partial charge in [-0.15, -0.1) is 0 Å². The second-order valence-corrected chi connectivity index (χ2v) is 2.40. The van der Waals surface area contributed by atoms with Gasteiger partial charge >= 0.3 is 0 Å². The molecule has 2 aromatic rings. The van der Waals surface area contributed by atoms with Crippen LogP contribution in [0.1, 0.15) is 5.56 Å². The van der Waals surface area contributed by atoms with E-state index in [1.54, 1.807) is 0 Å². The Morgan fingerprint density at radius 2 is 2.25 bits per heavy atom. The van der Waals surface area contributed by atoms with Gasteiger partial charge in [0.1, 0.15) is 23.7 Å². The van der Waals surface area contributed by atoms with E-state index in [1.165, 1.54) is 24.5 Å². The Morgan fingerprint density at radius 3 is 3.00 bits per heavy atom. The average Bonchev–Trinajstić information content (AvgIpc) is 2.46. The number of hydrogen-bond acceptors (Lipinski definition) is 2. The minimum Gasteiger partial charge on any atom is -0.463 e. The van der Waals surface area contributed by atoms with Crippen LogP contribution in [0.4, 0.5) is 4.39 Å². The Labute approximate surface area is 67.8 Å². The molecular weight excluding hydrogens is 157 g/mol. The molecule has 0 aliphatic heterocycles. The maximum atomic E-state index is 12.7. The number of nitriles is 1. The van der Waals surface area contributed by atoms with Crippen LogP contribution in [0.25, 0.3) is 11.0 Å². The summed E-state index contributed by atoms with van der Waals surface area (Å²) in [6.45, 7) is 0. The molecule has 1 aromatic heterocycles. The van der Waals surface area contributed by atoms with E-state index in [9.17, 15) is 4.39 Å². The van der Waals surface area contributed by atoms with Crippen molar-refractivity contribution in [3.05, 3.63) is 35.8 Å². The second-order valence-electron chi connectivity index (χ2n) is 2.40. The molecule has 0 bridgehead atoms.